The second kappa shape index (κ2) is 9.25. The van der Waals surface area contributed by atoms with E-state index in [4.69, 9.17) is 21.1 Å². The number of Topliss-reactive ketones (excluding diaryl/α,β-unsaturated/α-hetero) is 2. The van der Waals surface area contributed by atoms with Crippen LogP contribution in [-0.2, 0) is 0 Å². The first-order chi connectivity index (χ1) is 15.9. The van der Waals surface area contributed by atoms with Gasteiger partial charge in [-0.1, -0.05) is 31.9 Å². The molecule has 1 atom stereocenters. The Hall–Kier alpha value is -3.13. The van der Waals surface area contributed by atoms with Crippen LogP contribution in [0.25, 0.3) is 11.1 Å². The molecule has 1 aliphatic rings. The molecular formula is C25H29ClO8. The molecule has 4 N–H and O–H groups in total. The zero-order valence-electron chi connectivity index (χ0n) is 19.8. The number of rotatable bonds is 7. The maximum absolute atomic E-state index is 13.1. The van der Waals surface area contributed by atoms with Gasteiger partial charge in [-0.15, -0.1) is 0 Å². The number of methoxy groups -OCH3 is 1. The average Bonchev–Trinajstić information content (AvgIpc) is 2.76. The van der Waals surface area contributed by atoms with E-state index in [1.54, 1.807) is 13.8 Å². The number of benzene rings is 2. The van der Waals surface area contributed by atoms with Gasteiger partial charge in [-0.25, -0.2) is 0 Å². The number of fused-ring (bicyclic) bond motifs is 1. The van der Waals surface area contributed by atoms with Gasteiger partial charge in [0.05, 0.1) is 24.7 Å². The molecule has 0 radical (unpaired) electrons. The lowest BCUT2D eigenvalue weighted by molar-refractivity contribution is 0.0459. The smallest absolute Gasteiger partial charge is 0.174 e. The van der Waals surface area contributed by atoms with Crippen molar-refractivity contribution in [2.75, 3.05) is 7.11 Å². The molecule has 34 heavy (non-hydrogen) atoms. The molecule has 1 heterocycles. The lowest BCUT2D eigenvalue weighted by atomic mass is 9.85. The van der Waals surface area contributed by atoms with Gasteiger partial charge in [-0.05, 0) is 26.7 Å². The Morgan fingerprint density at radius 3 is 2.21 bits per heavy atom. The van der Waals surface area contributed by atoms with Crippen molar-refractivity contribution in [1.82, 2.24) is 0 Å². The van der Waals surface area contributed by atoms with E-state index in [0.29, 0.717) is 12.8 Å². The van der Waals surface area contributed by atoms with Crippen molar-refractivity contribution in [2.45, 2.75) is 65.4 Å². The number of carbonyl (C=O) groups excluding carboxylic acids is 2. The Morgan fingerprint density at radius 1 is 1.03 bits per heavy atom. The van der Waals surface area contributed by atoms with Crippen LogP contribution in [0.5, 0.6) is 34.5 Å². The van der Waals surface area contributed by atoms with Gasteiger partial charge in [0.15, 0.2) is 17.3 Å². The number of ether oxygens (including phenoxy) is 2. The summed E-state index contributed by atoms with van der Waals surface area (Å²) < 4.78 is 11.2. The van der Waals surface area contributed by atoms with Crippen molar-refractivity contribution >= 4 is 23.2 Å². The fraction of sp³-hybridized carbons (Fsp3) is 0.440. The van der Waals surface area contributed by atoms with Crippen LogP contribution in [0.3, 0.4) is 0 Å². The first-order valence-corrected chi connectivity index (χ1v) is 11.5. The molecule has 0 amide bonds. The van der Waals surface area contributed by atoms with E-state index < -0.39 is 51.3 Å². The molecule has 9 heteroatoms. The third-order valence-electron chi connectivity index (χ3n) is 6.13. The molecule has 0 aromatic heterocycles. The van der Waals surface area contributed by atoms with Crippen LogP contribution in [0.2, 0.25) is 5.02 Å². The second-order valence-electron chi connectivity index (χ2n) is 8.77. The third-order valence-corrected chi connectivity index (χ3v) is 6.48. The van der Waals surface area contributed by atoms with Gasteiger partial charge >= 0.3 is 0 Å². The summed E-state index contributed by atoms with van der Waals surface area (Å²) in [7, 11) is 1.29. The van der Waals surface area contributed by atoms with Crippen LogP contribution in [0, 0.1) is 6.92 Å². The summed E-state index contributed by atoms with van der Waals surface area (Å²) in [5.41, 5.74) is -2.16. The summed E-state index contributed by atoms with van der Waals surface area (Å²) in [6.45, 7) is 6.92. The zero-order valence-corrected chi connectivity index (χ0v) is 20.6. The summed E-state index contributed by atoms with van der Waals surface area (Å²) in [5.74, 6) is -3.82. The Bertz CT molecular complexity index is 1190. The first-order valence-electron chi connectivity index (χ1n) is 11.1. The SMILES string of the molecule is CCCC(=O)c1c(O)c(-c2c(O)c(Cl)c3c(c2O)C(=O)CC(C)(CCC)O3)c(O)c(C)c1OC. The quantitative estimate of drug-likeness (QED) is 0.364. The van der Waals surface area contributed by atoms with E-state index in [1.165, 1.54) is 14.0 Å². The lowest BCUT2D eigenvalue weighted by Gasteiger charge is -2.36. The van der Waals surface area contributed by atoms with Crippen LogP contribution in [0.1, 0.15) is 79.2 Å². The van der Waals surface area contributed by atoms with Gasteiger partial charge in [0, 0.05) is 12.0 Å². The molecule has 0 fully saturated rings. The minimum absolute atomic E-state index is 0.0324. The minimum atomic E-state index is -0.871. The molecule has 0 saturated heterocycles. The van der Waals surface area contributed by atoms with Crippen LogP contribution in [0.4, 0.5) is 0 Å². The van der Waals surface area contributed by atoms with Crippen molar-refractivity contribution < 1.29 is 39.5 Å². The van der Waals surface area contributed by atoms with Crippen molar-refractivity contribution in [2.24, 2.45) is 0 Å². The summed E-state index contributed by atoms with van der Waals surface area (Å²) in [6, 6.07) is 0. The van der Waals surface area contributed by atoms with E-state index in [-0.39, 0.29) is 46.1 Å². The van der Waals surface area contributed by atoms with Crippen LogP contribution >= 0.6 is 11.6 Å². The summed E-state index contributed by atoms with van der Waals surface area (Å²) in [5, 5.41) is 43.7. The maximum Gasteiger partial charge on any atom is 0.174 e. The summed E-state index contributed by atoms with van der Waals surface area (Å²) in [6.07, 6.45) is 1.80. The van der Waals surface area contributed by atoms with E-state index in [9.17, 15) is 30.0 Å². The fourth-order valence-corrected chi connectivity index (χ4v) is 4.80. The van der Waals surface area contributed by atoms with Gasteiger partial charge in [0.1, 0.15) is 50.5 Å². The zero-order chi connectivity index (χ0) is 25.5. The predicted molar refractivity (Wildman–Crippen MR) is 127 cm³/mol. The van der Waals surface area contributed by atoms with Crippen LogP contribution in [0.15, 0.2) is 0 Å². The topological polar surface area (TPSA) is 134 Å². The largest absolute Gasteiger partial charge is 0.507 e. The molecule has 3 rings (SSSR count). The third kappa shape index (κ3) is 3.90. The number of halogens is 1. The molecule has 0 bridgehead atoms. The Morgan fingerprint density at radius 2 is 1.65 bits per heavy atom. The molecule has 8 nitrogen and oxygen atoms in total. The number of aromatic hydroxyl groups is 4. The Labute approximate surface area is 202 Å². The maximum atomic E-state index is 13.1. The van der Waals surface area contributed by atoms with Gasteiger partial charge in [-0.3, -0.25) is 9.59 Å². The lowest BCUT2D eigenvalue weighted by Crippen LogP contribution is -2.39. The van der Waals surface area contributed by atoms with Crippen molar-refractivity contribution in [3.8, 4) is 45.6 Å². The molecule has 0 saturated carbocycles. The van der Waals surface area contributed by atoms with Crippen molar-refractivity contribution in [3.05, 3.63) is 21.7 Å². The monoisotopic (exact) mass is 492 g/mol. The Kier molecular flexibility index (Phi) is 6.94. The molecule has 0 spiro atoms. The van der Waals surface area contributed by atoms with E-state index in [2.05, 4.69) is 0 Å². The van der Waals surface area contributed by atoms with Crippen molar-refractivity contribution in [1.29, 1.82) is 0 Å². The average molecular weight is 493 g/mol. The molecule has 1 aliphatic heterocycles. The number of phenols is 4. The highest BCUT2D eigenvalue weighted by Gasteiger charge is 2.42. The molecule has 184 valence electrons. The van der Waals surface area contributed by atoms with Crippen molar-refractivity contribution in [3.63, 3.8) is 0 Å². The second-order valence-corrected chi connectivity index (χ2v) is 9.15. The molecular weight excluding hydrogens is 464 g/mol. The summed E-state index contributed by atoms with van der Waals surface area (Å²) >= 11 is 6.39. The van der Waals surface area contributed by atoms with E-state index in [1.807, 2.05) is 6.92 Å². The molecule has 2 aromatic carbocycles. The minimum Gasteiger partial charge on any atom is -0.507 e. The first kappa shape index (κ1) is 25.5. The standard InChI is InChI=1S/C25H29ClO8/c1-6-8-12(27)14-20(30)16(19(29)11(3)23(14)33-5)17-21(31)15-13(28)10-25(4,9-7-2)34-24(15)18(26)22(17)32/h29-32H,6-10H2,1-5H3. The van der Waals surface area contributed by atoms with Crippen LogP contribution < -0.4 is 9.47 Å². The van der Waals surface area contributed by atoms with Gasteiger partial charge in [-0.2, -0.15) is 0 Å². The molecule has 1 unspecified atom stereocenters. The van der Waals surface area contributed by atoms with E-state index >= 15 is 0 Å². The fourth-order valence-electron chi connectivity index (χ4n) is 4.57. The normalized spacial score (nSPS) is 17.3. The highest BCUT2D eigenvalue weighted by molar-refractivity contribution is 6.35. The number of phenolic OH excluding ortho intramolecular Hbond substituents is 4. The number of hydrogen-bond donors (Lipinski definition) is 4. The van der Waals surface area contributed by atoms with Gasteiger partial charge in [0.25, 0.3) is 0 Å². The van der Waals surface area contributed by atoms with Crippen LogP contribution in [-0.4, -0.2) is 44.7 Å². The predicted octanol–water partition coefficient (Wildman–Crippen LogP) is 5.65. The molecule has 0 aliphatic carbocycles. The highest BCUT2D eigenvalue weighted by Crippen LogP contribution is 2.58. The Balaban J connectivity index is 2.39. The number of ketones is 2. The van der Waals surface area contributed by atoms with Gasteiger partial charge in [0.2, 0.25) is 0 Å². The van der Waals surface area contributed by atoms with E-state index in [0.717, 1.165) is 6.42 Å². The highest BCUT2D eigenvalue weighted by atomic mass is 35.5. The summed E-state index contributed by atoms with van der Waals surface area (Å²) in [4.78, 5) is 25.9. The van der Waals surface area contributed by atoms with Gasteiger partial charge < -0.3 is 29.9 Å². The molecule has 2 aromatic rings. The number of carbonyl (C=O) groups is 2. The number of hydrogen-bond acceptors (Lipinski definition) is 8.